The van der Waals surface area contributed by atoms with Gasteiger partial charge in [0.05, 0.1) is 0 Å². The van der Waals surface area contributed by atoms with E-state index in [2.05, 4.69) is 30.3 Å². The van der Waals surface area contributed by atoms with Crippen molar-refractivity contribution in [2.75, 3.05) is 12.8 Å². The summed E-state index contributed by atoms with van der Waals surface area (Å²) >= 11 is 2.11. The Bertz CT molecular complexity index is 211. The largest absolute Gasteiger partial charge is 0.313 e. The molecule has 2 rings (SSSR count). The van der Waals surface area contributed by atoms with E-state index in [1.807, 2.05) is 0 Å². The number of hydrogen-bond acceptors (Lipinski definition) is 2. The summed E-state index contributed by atoms with van der Waals surface area (Å²) in [5.41, 5.74) is 0. The monoisotopic (exact) mass is 241 g/mol. The fraction of sp³-hybridized carbons (Fsp3) is 1.00. The molecule has 0 aromatic carbocycles. The van der Waals surface area contributed by atoms with Crippen LogP contribution in [-0.2, 0) is 0 Å². The normalized spacial score (nSPS) is 34.1. The first-order chi connectivity index (χ1) is 7.74. The summed E-state index contributed by atoms with van der Waals surface area (Å²) in [7, 11) is 0. The predicted molar refractivity (Wildman–Crippen MR) is 74.1 cm³/mol. The molecule has 0 bridgehead atoms. The van der Waals surface area contributed by atoms with Gasteiger partial charge in [-0.25, -0.2) is 0 Å². The highest BCUT2D eigenvalue weighted by atomic mass is 32.2. The quantitative estimate of drug-likeness (QED) is 0.803. The number of hydrogen-bond donors (Lipinski definition) is 1. The summed E-state index contributed by atoms with van der Waals surface area (Å²) in [4.78, 5) is 0. The zero-order chi connectivity index (χ0) is 11.4. The first kappa shape index (κ1) is 12.8. The van der Waals surface area contributed by atoms with Gasteiger partial charge in [0.1, 0.15) is 0 Å². The van der Waals surface area contributed by atoms with Crippen LogP contribution in [0.1, 0.15) is 58.3 Å². The van der Waals surface area contributed by atoms with Crippen molar-refractivity contribution >= 4 is 11.8 Å². The molecule has 94 valence electrons. The van der Waals surface area contributed by atoms with Gasteiger partial charge in [-0.1, -0.05) is 26.2 Å². The van der Waals surface area contributed by atoms with Crippen LogP contribution in [0.2, 0.25) is 0 Å². The van der Waals surface area contributed by atoms with E-state index in [4.69, 9.17) is 0 Å². The Labute approximate surface area is 105 Å². The van der Waals surface area contributed by atoms with Crippen molar-refractivity contribution in [2.45, 2.75) is 69.1 Å². The molecular formula is C14H27NS. The van der Waals surface area contributed by atoms with Crippen LogP contribution in [0.3, 0.4) is 0 Å². The Hall–Kier alpha value is 0.310. The third-order valence-corrected chi connectivity index (χ3v) is 6.02. The lowest BCUT2D eigenvalue weighted by Crippen LogP contribution is -2.42. The molecule has 2 heteroatoms. The first-order valence-corrected chi connectivity index (χ1v) is 8.25. The summed E-state index contributed by atoms with van der Waals surface area (Å²) in [5, 5.41) is 3.85. The minimum atomic E-state index is 0.573. The van der Waals surface area contributed by atoms with Crippen LogP contribution in [0.4, 0.5) is 0 Å². The van der Waals surface area contributed by atoms with Crippen LogP contribution in [-0.4, -0.2) is 23.6 Å². The minimum Gasteiger partial charge on any atom is -0.313 e. The standard InChI is InChI=1S/C14H27NS/c1-12-6-7-13(10-12)15-11-14(16-2)8-4-3-5-9-14/h12-13,15H,3-11H2,1-2H3. The van der Waals surface area contributed by atoms with Gasteiger partial charge in [-0.05, 0) is 44.3 Å². The number of thioether (sulfide) groups is 1. The Morgan fingerprint density at radius 3 is 2.50 bits per heavy atom. The molecule has 0 aromatic heterocycles. The van der Waals surface area contributed by atoms with Gasteiger partial charge in [-0.3, -0.25) is 0 Å². The van der Waals surface area contributed by atoms with Gasteiger partial charge in [0.2, 0.25) is 0 Å². The number of nitrogens with one attached hydrogen (secondary N) is 1. The van der Waals surface area contributed by atoms with Crippen LogP contribution in [0.25, 0.3) is 0 Å². The smallest absolute Gasteiger partial charge is 0.0281 e. The lowest BCUT2D eigenvalue weighted by atomic mass is 9.88. The molecule has 0 aliphatic heterocycles. The maximum absolute atomic E-state index is 3.85. The van der Waals surface area contributed by atoms with E-state index in [0.29, 0.717) is 4.75 Å². The Balaban J connectivity index is 1.78. The van der Waals surface area contributed by atoms with Gasteiger partial charge < -0.3 is 5.32 Å². The molecule has 2 atom stereocenters. The van der Waals surface area contributed by atoms with Crippen LogP contribution in [0.15, 0.2) is 0 Å². The second kappa shape index (κ2) is 5.77. The summed E-state index contributed by atoms with van der Waals surface area (Å²) < 4.78 is 0.573. The van der Waals surface area contributed by atoms with Gasteiger partial charge in [-0.2, -0.15) is 11.8 Å². The van der Waals surface area contributed by atoms with Gasteiger partial charge in [0.25, 0.3) is 0 Å². The topological polar surface area (TPSA) is 12.0 Å². The molecule has 0 aromatic rings. The van der Waals surface area contributed by atoms with Crippen molar-refractivity contribution in [1.29, 1.82) is 0 Å². The predicted octanol–water partition coefficient (Wildman–Crippen LogP) is 3.83. The van der Waals surface area contributed by atoms with Gasteiger partial charge in [-0.15, -0.1) is 0 Å². The van der Waals surface area contributed by atoms with Crippen molar-refractivity contribution in [3.8, 4) is 0 Å². The second-order valence-corrected chi connectivity index (χ2v) is 7.22. The average molecular weight is 241 g/mol. The maximum Gasteiger partial charge on any atom is 0.0281 e. The van der Waals surface area contributed by atoms with E-state index < -0.39 is 0 Å². The van der Waals surface area contributed by atoms with Crippen LogP contribution in [0.5, 0.6) is 0 Å². The highest BCUT2D eigenvalue weighted by molar-refractivity contribution is 8.00. The molecule has 2 unspecified atom stereocenters. The Morgan fingerprint density at radius 1 is 1.19 bits per heavy atom. The van der Waals surface area contributed by atoms with Crippen molar-refractivity contribution in [3.05, 3.63) is 0 Å². The van der Waals surface area contributed by atoms with Crippen LogP contribution in [0, 0.1) is 5.92 Å². The summed E-state index contributed by atoms with van der Waals surface area (Å²) in [6.07, 6.45) is 13.8. The molecule has 0 radical (unpaired) electrons. The van der Waals surface area contributed by atoms with E-state index >= 15 is 0 Å². The number of rotatable bonds is 4. The molecular weight excluding hydrogens is 214 g/mol. The highest BCUT2D eigenvalue weighted by Gasteiger charge is 2.32. The Morgan fingerprint density at radius 2 is 1.94 bits per heavy atom. The molecule has 0 spiro atoms. The third-order valence-electron chi connectivity index (χ3n) is 4.61. The third kappa shape index (κ3) is 3.16. The van der Waals surface area contributed by atoms with Gasteiger partial charge in [0.15, 0.2) is 0 Å². The zero-order valence-corrected chi connectivity index (χ0v) is 11.7. The molecule has 16 heavy (non-hydrogen) atoms. The van der Waals surface area contributed by atoms with Gasteiger partial charge in [0, 0.05) is 17.3 Å². The van der Waals surface area contributed by atoms with Crippen molar-refractivity contribution in [3.63, 3.8) is 0 Å². The fourth-order valence-corrected chi connectivity index (χ4v) is 4.30. The maximum atomic E-state index is 3.85. The molecule has 2 fully saturated rings. The lowest BCUT2D eigenvalue weighted by Gasteiger charge is -2.37. The van der Waals surface area contributed by atoms with Crippen molar-refractivity contribution in [1.82, 2.24) is 5.32 Å². The van der Waals surface area contributed by atoms with Crippen molar-refractivity contribution in [2.24, 2.45) is 5.92 Å². The van der Waals surface area contributed by atoms with E-state index in [-0.39, 0.29) is 0 Å². The van der Waals surface area contributed by atoms with Crippen LogP contribution < -0.4 is 5.32 Å². The Kier molecular flexibility index (Phi) is 4.60. The van der Waals surface area contributed by atoms with E-state index in [1.54, 1.807) is 0 Å². The average Bonchev–Trinajstić information content (AvgIpc) is 2.74. The van der Waals surface area contributed by atoms with E-state index in [1.165, 1.54) is 57.9 Å². The van der Waals surface area contributed by atoms with Gasteiger partial charge >= 0.3 is 0 Å². The lowest BCUT2D eigenvalue weighted by molar-refractivity contribution is 0.359. The summed E-state index contributed by atoms with van der Waals surface area (Å²) in [6, 6.07) is 0.820. The molecule has 2 aliphatic carbocycles. The zero-order valence-electron chi connectivity index (χ0n) is 10.9. The molecule has 1 nitrogen and oxygen atoms in total. The first-order valence-electron chi connectivity index (χ1n) is 7.03. The molecule has 0 amide bonds. The van der Waals surface area contributed by atoms with Crippen LogP contribution >= 0.6 is 11.8 Å². The van der Waals surface area contributed by atoms with Crippen molar-refractivity contribution < 1.29 is 0 Å². The highest BCUT2D eigenvalue weighted by Crippen LogP contribution is 2.38. The minimum absolute atomic E-state index is 0.573. The molecule has 2 aliphatic rings. The van der Waals surface area contributed by atoms with E-state index in [9.17, 15) is 0 Å². The van der Waals surface area contributed by atoms with E-state index in [0.717, 1.165) is 12.0 Å². The fourth-order valence-electron chi connectivity index (χ4n) is 3.37. The summed E-state index contributed by atoms with van der Waals surface area (Å²) in [6.45, 7) is 3.65. The molecule has 2 saturated carbocycles. The molecule has 1 N–H and O–H groups in total. The summed E-state index contributed by atoms with van der Waals surface area (Å²) in [5.74, 6) is 0.953. The molecule has 0 saturated heterocycles. The second-order valence-electron chi connectivity index (χ2n) is 5.94. The molecule has 0 heterocycles. The SMILES string of the molecule is CSC1(CNC2CCC(C)C2)CCCCC1.